The summed E-state index contributed by atoms with van der Waals surface area (Å²) in [5.41, 5.74) is 3.58. The Morgan fingerprint density at radius 1 is 0.900 bits per heavy atom. The molecule has 0 aliphatic heterocycles. The molecule has 0 bridgehead atoms. The van der Waals surface area contributed by atoms with E-state index in [2.05, 4.69) is 31.2 Å². The van der Waals surface area contributed by atoms with Crippen LogP contribution in [0.2, 0.25) is 0 Å². The summed E-state index contributed by atoms with van der Waals surface area (Å²) in [6.45, 7) is 2.23. The van der Waals surface area contributed by atoms with Gasteiger partial charge in [0.15, 0.2) is 5.78 Å². The quantitative estimate of drug-likeness (QED) is 0.780. The van der Waals surface area contributed by atoms with E-state index >= 15 is 0 Å². The van der Waals surface area contributed by atoms with E-state index < -0.39 is 0 Å². The Bertz CT molecular complexity index is 625. The molecule has 0 aromatic heterocycles. The Morgan fingerprint density at radius 2 is 1.50 bits per heavy atom. The molecule has 1 aliphatic carbocycles. The summed E-state index contributed by atoms with van der Waals surface area (Å²) in [5, 5.41) is 0. The number of hydrogen-bond acceptors (Lipinski definition) is 1. The Morgan fingerprint density at radius 3 is 2.15 bits per heavy atom. The zero-order chi connectivity index (χ0) is 13.9. The molecule has 1 heteroatoms. The van der Waals surface area contributed by atoms with E-state index in [0.29, 0.717) is 12.3 Å². The lowest BCUT2D eigenvalue weighted by atomic mass is 9.73. The monoisotopic (exact) mass is 262 g/mol. The summed E-state index contributed by atoms with van der Waals surface area (Å²) >= 11 is 0. The minimum Gasteiger partial charge on any atom is -0.295 e. The third kappa shape index (κ3) is 2.44. The summed E-state index contributed by atoms with van der Waals surface area (Å²) in [7, 11) is 0. The molecular formula is C19H18O. The first-order valence-electron chi connectivity index (χ1n) is 7.10. The molecule has 2 aromatic rings. The average molecular weight is 262 g/mol. The highest BCUT2D eigenvalue weighted by Crippen LogP contribution is 2.40. The summed E-state index contributed by atoms with van der Waals surface area (Å²) in [5.74, 6) is 0.872. The molecule has 2 atom stereocenters. The second kappa shape index (κ2) is 5.46. The van der Waals surface area contributed by atoms with Crippen molar-refractivity contribution in [3.8, 4) is 0 Å². The van der Waals surface area contributed by atoms with Crippen molar-refractivity contribution in [3.05, 3.63) is 77.9 Å². The molecule has 0 radical (unpaired) electrons. The van der Waals surface area contributed by atoms with Gasteiger partial charge >= 0.3 is 0 Å². The lowest BCUT2D eigenvalue weighted by Gasteiger charge is -2.30. The molecule has 0 fully saturated rings. The van der Waals surface area contributed by atoms with E-state index in [0.717, 1.165) is 11.1 Å². The van der Waals surface area contributed by atoms with Gasteiger partial charge in [-0.25, -0.2) is 0 Å². The zero-order valence-electron chi connectivity index (χ0n) is 11.6. The van der Waals surface area contributed by atoms with Crippen LogP contribution in [0.25, 0.3) is 5.57 Å². The molecule has 0 N–H and O–H groups in total. The van der Waals surface area contributed by atoms with Gasteiger partial charge in [-0.05, 0) is 34.6 Å². The van der Waals surface area contributed by atoms with E-state index in [4.69, 9.17) is 0 Å². The zero-order valence-corrected chi connectivity index (χ0v) is 11.6. The number of carbonyl (C=O) groups excluding carboxylic acids is 1. The van der Waals surface area contributed by atoms with Gasteiger partial charge in [0.1, 0.15) is 0 Å². The molecule has 2 aromatic carbocycles. The van der Waals surface area contributed by atoms with Crippen molar-refractivity contribution in [1.29, 1.82) is 0 Å². The van der Waals surface area contributed by atoms with Crippen LogP contribution >= 0.6 is 0 Å². The highest BCUT2D eigenvalue weighted by molar-refractivity contribution is 5.99. The Hall–Kier alpha value is -2.15. The number of benzene rings is 2. The fourth-order valence-corrected chi connectivity index (χ4v) is 3.06. The van der Waals surface area contributed by atoms with Crippen molar-refractivity contribution >= 4 is 11.4 Å². The van der Waals surface area contributed by atoms with Gasteiger partial charge in [0, 0.05) is 6.42 Å². The highest BCUT2D eigenvalue weighted by Gasteiger charge is 2.29. The van der Waals surface area contributed by atoms with Crippen LogP contribution in [-0.4, -0.2) is 5.78 Å². The van der Waals surface area contributed by atoms with Gasteiger partial charge in [-0.2, -0.15) is 0 Å². The lowest BCUT2D eigenvalue weighted by molar-refractivity contribution is -0.115. The van der Waals surface area contributed by atoms with Gasteiger partial charge in [0.05, 0.1) is 0 Å². The standard InChI is InChI=1S/C19H18O/c1-14-18(15-8-4-2-5-9-15)12-17(20)13-19(14)16-10-6-3-7-11-16/h2-12,14,19H,13H2,1H3/t14-,19-/m1/s1. The fraction of sp³-hybridized carbons (Fsp3) is 0.211. The summed E-state index contributed by atoms with van der Waals surface area (Å²) < 4.78 is 0. The normalized spacial score (nSPS) is 22.4. The third-order valence-corrected chi connectivity index (χ3v) is 4.17. The minimum absolute atomic E-state index is 0.232. The number of hydrogen-bond donors (Lipinski definition) is 0. The van der Waals surface area contributed by atoms with E-state index in [1.807, 2.05) is 42.5 Å². The SMILES string of the molecule is C[C@@H]1C(c2ccccc2)=CC(=O)C[C@H]1c1ccccc1. The maximum Gasteiger partial charge on any atom is 0.156 e. The summed E-state index contributed by atoms with van der Waals surface area (Å²) in [6.07, 6.45) is 2.45. The molecule has 0 amide bonds. The Kier molecular flexibility index (Phi) is 3.51. The maximum atomic E-state index is 12.1. The van der Waals surface area contributed by atoms with Gasteiger partial charge < -0.3 is 0 Å². The number of ketones is 1. The van der Waals surface area contributed by atoms with Crippen LogP contribution in [0.4, 0.5) is 0 Å². The van der Waals surface area contributed by atoms with Gasteiger partial charge in [0.25, 0.3) is 0 Å². The molecule has 0 saturated heterocycles. The summed E-state index contributed by atoms with van der Waals surface area (Å²) in [6, 6.07) is 20.6. The van der Waals surface area contributed by atoms with Gasteiger partial charge in [-0.3, -0.25) is 4.79 Å². The van der Waals surface area contributed by atoms with Gasteiger partial charge in [0.2, 0.25) is 0 Å². The maximum absolute atomic E-state index is 12.1. The number of carbonyl (C=O) groups is 1. The van der Waals surface area contributed by atoms with Crippen molar-refractivity contribution < 1.29 is 4.79 Å². The molecule has 3 rings (SSSR count). The van der Waals surface area contributed by atoms with Crippen molar-refractivity contribution in [2.75, 3.05) is 0 Å². The van der Waals surface area contributed by atoms with E-state index in [9.17, 15) is 4.79 Å². The van der Waals surface area contributed by atoms with Crippen LogP contribution in [0.1, 0.15) is 30.4 Å². The number of rotatable bonds is 2. The predicted molar refractivity (Wildman–Crippen MR) is 82.4 cm³/mol. The molecule has 100 valence electrons. The van der Waals surface area contributed by atoms with Crippen LogP contribution in [0.15, 0.2) is 66.7 Å². The first-order chi connectivity index (χ1) is 9.75. The molecule has 0 heterocycles. The van der Waals surface area contributed by atoms with E-state index in [-0.39, 0.29) is 11.7 Å². The van der Waals surface area contributed by atoms with Crippen molar-refractivity contribution in [1.82, 2.24) is 0 Å². The fourth-order valence-electron chi connectivity index (χ4n) is 3.06. The Labute approximate surface area is 120 Å². The van der Waals surface area contributed by atoms with E-state index in [1.54, 1.807) is 0 Å². The molecule has 0 saturated carbocycles. The van der Waals surface area contributed by atoms with Crippen molar-refractivity contribution in [2.24, 2.45) is 5.92 Å². The molecular weight excluding hydrogens is 244 g/mol. The molecule has 1 nitrogen and oxygen atoms in total. The third-order valence-electron chi connectivity index (χ3n) is 4.17. The highest BCUT2D eigenvalue weighted by atomic mass is 16.1. The van der Waals surface area contributed by atoms with Gasteiger partial charge in [-0.1, -0.05) is 67.6 Å². The van der Waals surface area contributed by atoms with Crippen LogP contribution in [0.5, 0.6) is 0 Å². The number of allylic oxidation sites excluding steroid dienone is 2. The van der Waals surface area contributed by atoms with Crippen LogP contribution in [-0.2, 0) is 4.79 Å². The minimum atomic E-state index is 0.232. The second-order valence-electron chi connectivity index (χ2n) is 5.44. The molecule has 1 aliphatic rings. The summed E-state index contributed by atoms with van der Waals surface area (Å²) in [4.78, 5) is 12.1. The molecule has 20 heavy (non-hydrogen) atoms. The van der Waals surface area contributed by atoms with Gasteiger partial charge in [-0.15, -0.1) is 0 Å². The van der Waals surface area contributed by atoms with Crippen LogP contribution < -0.4 is 0 Å². The van der Waals surface area contributed by atoms with E-state index in [1.165, 1.54) is 5.56 Å². The first-order valence-corrected chi connectivity index (χ1v) is 7.10. The van der Waals surface area contributed by atoms with Crippen molar-refractivity contribution in [2.45, 2.75) is 19.3 Å². The molecule has 0 spiro atoms. The van der Waals surface area contributed by atoms with Crippen LogP contribution in [0.3, 0.4) is 0 Å². The largest absolute Gasteiger partial charge is 0.295 e. The first kappa shape index (κ1) is 12.9. The predicted octanol–water partition coefficient (Wildman–Crippen LogP) is 4.46. The van der Waals surface area contributed by atoms with Crippen LogP contribution in [0, 0.1) is 5.92 Å². The molecule has 0 unspecified atom stereocenters. The second-order valence-corrected chi connectivity index (χ2v) is 5.44. The average Bonchev–Trinajstić information content (AvgIpc) is 2.51. The lowest BCUT2D eigenvalue weighted by Crippen LogP contribution is -2.20. The Balaban J connectivity index is 1.99. The topological polar surface area (TPSA) is 17.1 Å². The smallest absolute Gasteiger partial charge is 0.156 e. The van der Waals surface area contributed by atoms with Crippen molar-refractivity contribution in [3.63, 3.8) is 0 Å².